The van der Waals surface area contributed by atoms with Gasteiger partial charge in [-0.2, -0.15) is 0 Å². The maximum absolute atomic E-state index is 12.8. The van der Waals surface area contributed by atoms with Crippen LogP contribution in [0, 0.1) is 0 Å². The second-order valence-electron chi connectivity index (χ2n) is 6.48. The van der Waals surface area contributed by atoms with Crippen molar-refractivity contribution in [2.75, 3.05) is 6.54 Å². The van der Waals surface area contributed by atoms with Crippen LogP contribution < -0.4 is 22.5 Å². The van der Waals surface area contributed by atoms with Crippen LogP contribution in [0.15, 0.2) is 0 Å². The van der Waals surface area contributed by atoms with Crippen LogP contribution >= 0.6 is 0 Å². The Bertz CT molecular complexity index is 579. The number of rotatable bonds is 10. The molecule has 1 fully saturated rings. The molecule has 1 aliphatic rings. The van der Waals surface area contributed by atoms with Gasteiger partial charge in [-0.3, -0.25) is 24.0 Å². The minimum Gasteiger partial charge on any atom is -0.370 e. The molecule has 0 saturated carbocycles. The Labute approximate surface area is 151 Å². The molecular formula is C16H27N5O5. The molecule has 1 rings (SSSR count). The Morgan fingerprint density at radius 3 is 2.19 bits per heavy atom. The van der Waals surface area contributed by atoms with E-state index in [2.05, 4.69) is 5.32 Å². The smallest absolute Gasteiger partial charge is 0.245 e. The molecule has 10 nitrogen and oxygen atoms in total. The summed E-state index contributed by atoms with van der Waals surface area (Å²) < 4.78 is 0. The number of Topliss-reactive ketones (excluding diaryl/α,β-unsaturated/α-hetero) is 1. The van der Waals surface area contributed by atoms with Crippen molar-refractivity contribution in [3.05, 3.63) is 0 Å². The quantitative estimate of drug-likeness (QED) is 0.343. The molecule has 3 unspecified atom stereocenters. The molecule has 7 N–H and O–H groups in total. The number of carbonyl (C=O) groups excluding carboxylic acids is 5. The van der Waals surface area contributed by atoms with E-state index in [1.54, 1.807) is 0 Å². The zero-order valence-corrected chi connectivity index (χ0v) is 14.9. The first kappa shape index (κ1) is 21.6. The van der Waals surface area contributed by atoms with Crippen molar-refractivity contribution in [3.63, 3.8) is 0 Å². The van der Waals surface area contributed by atoms with Crippen molar-refractivity contribution >= 4 is 29.4 Å². The van der Waals surface area contributed by atoms with Crippen molar-refractivity contribution in [2.45, 2.75) is 63.6 Å². The lowest BCUT2D eigenvalue weighted by Gasteiger charge is -2.28. The maximum Gasteiger partial charge on any atom is 0.245 e. The van der Waals surface area contributed by atoms with E-state index in [0.29, 0.717) is 19.4 Å². The molecule has 0 aromatic heterocycles. The highest BCUT2D eigenvalue weighted by Gasteiger charge is 2.36. The number of carbonyl (C=O) groups is 5. The summed E-state index contributed by atoms with van der Waals surface area (Å²) in [5, 5.41) is 2.51. The summed E-state index contributed by atoms with van der Waals surface area (Å²) in [6.45, 7) is 1.81. The number of nitrogens with one attached hydrogen (secondary N) is 1. The Balaban J connectivity index is 2.81. The topological polar surface area (TPSA) is 179 Å². The van der Waals surface area contributed by atoms with Crippen molar-refractivity contribution in [1.29, 1.82) is 0 Å². The van der Waals surface area contributed by atoms with Gasteiger partial charge in [-0.15, -0.1) is 0 Å². The fourth-order valence-electron chi connectivity index (χ4n) is 2.90. The van der Waals surface area contributed by atoms with E-state index in [9.17, 15) is 24.0 Å². The summed E-state index contributed by atoms with van der Waals surface area (Å²) in [5.74, 6) is -2.41. The lowest BCUT2D eigenvalue weighted by molar-refractivity contribution is -0.141. The van der Waals surface area contributed by atoms with Gasteiger partial charge in [0.05, 0.1) is 12.1 Å². The SMILES string of the molecule is CC(=O)C1CCCN1C(=O)C(CCC(N)=O)NC(=O)C(N)CCC(N)=O. The minimum atomic E-state index is -1.02. The Morgan fingerprint density at radius 2 is 1.65 bits per heavy atom. The van der Waals surface area contributed by atoms with Gasteiger partial charge >= 0.3 is 0 Å². The molecular weight excluding hydrogens is 342 g/mol. The van der Waals surface area contributed by atoms with Gasteiger partial charge in [-0.25, -0.2) is 0 Å². The second-order valence-corrected chi connectivity index (χ2v) is 6.48. The van der Waals surface area contributed by atoms with Crippen LogP contribution in [-0.4, -0.2) is 59.0 Å². The summed E-state index contributed by atoms with van der Waals surface area (Å²) >= 11 is 0. The molecule has 1 aliphatic heterocycles. The van der Waals surface area contributed by atoms with Crippen molar-refractivity contribution in [3.8, 4) is 0 Å². The van der Waals surface area contributed by atoms with Crippen LogP contribution in [0.1, 0.15) is 45.4 Å². The van der Waals surface area contributed by atoms with E-state index in [1.807, 2.05) is 0 Å². The molecule has 0 aromatic rings. The van der Waals surface area contributed by atoms with Crippen LogP contribution in [0.25, 0.3) is 0 Å². The molecule has 0 bridgehead atoms. The predicted molar refractivity (Wildman–Crippen MR) is 92.2 cm³/mol. The normalized spacial score (nSPS) is 18.8. The Morgan fingerprint density at radius 1 is 1.08 bits per heavy atom. The molecule has 26 heavy (non-hydrogen) atoms. The number of nitrogens with zero attached hydrogens (tertiary/aromatic N) is 1. The number of amides is 4. The van der Waals surface area contributed by atoms with Gasteiger partial charge in [-0.1, -0.05) is 0 Å². The van der Waals surface area contributed by atoms with Gasteiger partial charge in [0.15, 0.2) is 5.78 Å². The van der Waals surface area contributed by atoms with E-state index in [0.717, 1.165) is 0 Å². The van der Waals surface area contributed by atoms with Gasteiger partial charge in [0.1, 0.15) is 6.04 Å². The van der Waals surface area contributed by atoms with E-state index >= 15 is 0 Å². The third-order valence-corrected chi connectivity index (χ3v) is 4.34. The molecule has 0 aromatic carbocycles. The summed E-state index contributed by atoms with van der Waals surface area (Å²) in [4.78, 5) is 60.0. The molecule has 4 amide bonds. The van der Waals surface area contributed by atoms with Gasteiger partial charge in [-0.05, 0) is 32.6 Å². The molecule has 10 heteroatoms. The number of ketones is 1. The van der Waals surface area contributed by atoms with Gasteiger partial charge in [0, 0.05) is 19.4 Å². The van der Waals surface area contributed by atoms with Gasteiger partial charge in [0.2, 0.25) is 23.6 Å². The zero-order valence-electron chi connectivity index (χ0n) is 14.9. The van der Waals surface area contributed by atoms with Crippen LogP contribution in [0.4, 0.5) is 0 Å². The average molecular weight is 369 g/mol. The summed E-state index contributed by atoms with van der Waals surface area (Å²) in [5.41, 5.74) is 15.9. The first-order valence-electron chi connectivity index (χ1n) is 8.57. The number of hydrogen-bond acceptors (Lipinski definition) is 6. The highest BCUT2D eigenvalue weighted by Crippen LogP contribution is 2.20. The third kappa shape index (κ3) is 6.43. The molecule has 0 aliphatic carbocycles. The molecule has 0 spiro atoms. The standard InChI is InChI=1S/C16H27N5O5/c1-9(22)12-3-2-8-21(12)16(26)11(5-7-14(19)24)20-15(25)10(17)4-6-13(18)23/h10-12H,2-8,17H2,1H3,(H2,18,23)(H2,19,24)(H,20,25). The highest BCUT2D eigenvalue weighted by atomic mass is 16.2. The Kier molecular flexibility index (Phi) is 8.17. The largest absolute Gasteiger partial charge is 0.370 e. The summed E-state index contributed by atoms with van der Waals surface area (Å²) in [6.07, 6.45) is 1.13. The first-order chi connectivity index (χ1) is 12.1. The third-order valence-electron chi connectivity index (χ3n) is 4.34. The number of nitrogens with two attached hydrogens (primary N) is 3. The monoisotopic (exact) mass is 369 g/mol. The van der Waals surface area contributed by atoms with E-state index in [1.165, 1.54) is 11.8 Å². The van der Waals surface area contributed by atoms with Gasteiger partial charge < -0.3 is 27.4 Å². The summed E-state index contributed by atoms with van der Waals surface area (Å²) in [6, 6.07) is -2.57. The zero-order chi connectivity index (χ0) is 19.9. The number of hydrogen-bond donors (Lipinski definition) is 4. The van der Waals surface area contributed by atoms with Crippen LogP contribution in [0.3, 0.4) is 0 Å². The van der Waals surface area contributed by atoms with Crippen LogP contribution in [-0.2, 0) is 24.0 Å². The molecule has 3 atom stereocenters. The lowest BCUT2D eigenvalue weighted by atomic mass is 10.1. The van der Waals surface area contributed by atoms with Crippen LogP contribution in [0.5, 0.6) is 0 Å². The summed E-state index contributed by atoms with van der Waals surface area (Å²) in [7, 11) is 0. The lowest BCUT2D eigenvalue weighted by Crippen LogP contribution is -2.54. The Hall–Kier alpha value is -2.49. The highest BCUT2D eigenvalue weighted by molar-refractivity contribution is 5.93. The van der Waals surface area contributed by atoms with E-state index in [4.69, 9.17) is 17.2 Å². The van der Waals surface area contributed by atoms with Crippen molar-refractivity contribution < 1.29 is 24.0 Å². The fraction of sp³-hybridized carbons (Fsp3) is 0.688. The van der Waals surface area contributed by atoms with Crippen molar-refractivity contribution in [1.82, 2.24) is 10.2 Å². The van der Waals surface area contributed by atoms with Crippen LogP contribution in [0.2, 0.25) is 0 Å². The molecule has 0 radical (unpaired) electrons. The van der Waals surface area contributed by atoms with Gasteiger partial charge in [0.25, 0.3) is 0 Å². The molecule has 1 saturated heterocycles. The maximum atomic E-state index is 12.8. The number of likely N-dealkylation sites (tertiary alicyclic amines) is 1. The van der Waals surface area contributed by atoms with E-state index in [-0.39, 0.29) is 31.5 Å². The average Bonchev–Trinajstić information content (AvgIpc) is 3.05. The first-order valence-corrected chi connectivity index (χ1v) is 8.57. The van der Waals surface area contributed by atoms with Crippen molar-refractivity contribution in [2.24, 2.45) is 17.2 Å². The second kappa shape index (κ2) is 9.85. The fourth-order valence-corrected chi connectivity index (χ4v) is 2.90. The number of primary amides is 2. The predicted octanol–water partition coefficient (Wildman–Crippen LogP) is -2.09. The van der Waals surface area contributed by atoms with E-state index < -0.39 is 41.8 Å². The minimum absolute atomic E-state index is 0.00354. The molecule has 1 heterocycles. The molecule has 146 valence electrons.